The Bertz CT molecular complexity index is 145. The van der Waals surface area contributed by atoms with Crippen molar-refractivity contribution in [3.8, 4) is 0 Å². The molecular weight excluding hydrogens is 176 g/mol. The van der Waals surface area contributed by atoms with E-state index in [4.69, 9.17) is 0 Å². The second-order valence-corrected chi connectivity index (χ2v) is 4.70. The van der Waals surface area contributed by atoms with Gasteiger partial charge in [0, 0.05) is 13.1 Å². The first-order chi connectivity index (χ1) is 6.88. The van der Waals surface area contributed by atoms with Gasteiger partial charge in [0.1, 0.15) is 0 Å². The summed E-state index contributed by atoms with van der Waals surface area (Å²) >= 11 is 0. The van der Waals surface area contributed by atoms with E-state index in [0.717, 1.165) is 26.2 Å². The van der Waals surface area contributed by atoms with Crippen molar-refractivity contribution in [1.82, 2.24) is 10.6 Å². The molecule has 3 nitrogen and oxygen atoms in total. The summed E-state index contributed by atoms with van der Waals surface area (Å²) in [5.74, 6) is 0.988. The molecule has 0 aliphatic carbocycles. The van der Waals surface area contributed by atoms with Crippen molar-refractivity contribution in [1.29, 1.82) is 0 Å². The lowest BCUT2D eigenvalue weighted by Crippen LogP contribution is -2.44. The van der Waals surface area contributed by atoms with Crippen molar-refractivity contribution in [3.63, 3.8) is 0 Å². The lowest BCUT2D eigenvalue weighted by atomic mass is 9.82. The van der Waals surface area contributed by atoms with Gasteiger partial charge in [-0.25, -0.2) is 0 Å². The fourth-order valence-electron chi connectivity index (χ4n) is 2.73. The van der Waals surface area contributed by atoms with Crippen LogP contribution >= 0.6 is 0 Å². The van der Waals surface area contributed by atoms with E-state index in [1.54, 1.807) is 0 Å². The normalized spacial score (nSPS) is 36.6. The predicted octanol–water partition coefficient (Wildman–Crippen LogP) is 0.346. The monoisotopic (exact) mass is 198 g/mol. The van der Waals surface area contributed by atoms with E-state index in [2.05, 4.69) is 10.6 Å². The minimum absolute atomic E-state index is 0.0874. The second-order valence-electron chi connectivity index (χ2n) is 4.70. The number of aliphatic hydroxyl groups excluding tert-OH is 1. The van der Waals surface area contributed by atoms with Gasteiger partial charge in [-0.2, -0.15) is 0 Å². The summed E-state index contributed by atoms with van der Waals surface area (Å²) in [5, 5.41) is 17.0. The molecular formula is C11H22N2O. The Balaban J connectivity index is 1.82. The van der Waals surface area contributed by atoms with Gasteiger partial charge in [0.05, 0.1) is 6.10 Å². The maximum Gasteiger partial charge on any atom is 0.0620 e. The Hall–Kier alpha value is -0.120. The molecule has 0 saturated carbocycles. The van der Waals surface area contributed by atoms with Crippen LogP contribution in [-0.2, 0) is 0 Å². The van der Waals surface area contributed by atoms with Crippen molar-refractivity contribution in [2.45, 2.75) is 31.8 Å². The Labute approximate surface area is 86.3 Å². The van der Waals surface area contributed by atoms with E-state index in [0.29, 0.717) is 11.8 Å². The Morgan fingerprint density at radius 2 is 1.43 bits per heavy atom. The average molecular weight is 198 g/mol. The number of rotatable bonds is 2. The van der Waals surface area contributed by atoms with Gasteiger partial charge >= 0.3 is 0 Å². The molecule has 2 aliphatic heterocycles. The summed E-state index contributed by atoms with van der Waals surface area (Å²) in [4.78, 5) is 0. The highest BCUT2D eigenvalue weighted by molar-refractivity contribution is 4.83. The Morgan fingerprint density at radius 3 is 1.79 bits per heavy atom. The van der Waals surface area contributed by atoms with Crippen LogP contribution in [0.2, 0.25) is 0 Å². The molecule has 0 bridgehead atoms. The fourth-order valence-corrected chi connectivity index (χ4v) is 2.73. The van der Waals surface area contributed by atoms with E-state index in [9.17, 15) is 5.11 Å². The highest BCUT2D eigenvalue weighted by atomic mass is 16.3. The standard InChI is InChI=1S/C11H22N2O/c14-11(9-3-1-5-12-7-9)10-4-2-6-13-8-10/h9-14H,1-8H2. The van der Waals surface area contributed by atoms with Gasteiger partial charge in [-0.3, -0.25) is 0 Å². The summed E-state index contributed by atoms with van der Waals surface area (Å²) in [7, 11) is 0. The van der Waals surface area contributed by atoms with Crippen LogP contribution in [0.3, 0.4) is 0 Å². The average Bonchev–Trinajstić information content (AvgIpc) is 2.30. The summed E-state index contributed by atoms with van der Waals surface area (Å²) in [5.41, 5.74) is 0. The second kappa shape index (κ2) is 5.10. The fraction of sp³-hybridized carbons (Fsp3) is 1.00. The smallest absolute Gasteiger partial charge is 0.0620 e. The Morgan fingerprint density at radius 1 is 0.929 bits per heavy atom. The van der Waals surface area contributed by atoms with Gasteiger partial charge in [-0.05, 0) is 50.6 Å². The maximum absolute atomic E-state index is 10.2. The molecule has 2 atom stereocenters. The van der Waals surface area contributed by atoms with Gasteiger partial charge in [0.2, 0.25) is 0 Å². The molecule has 2 aliphatic rings. The Kier molecular flexibility index (Phi) is 3.79. The van der Waals surface area contributed by atoms with Crippen LogP contribution in [0.4, 0.5) is 0 Å². The van der Waals surface area contributed by atoms with Crippen LogP contribution in [0, 0.1) is 11.8 Å². The first-order valence-corrected chi connectivity index (χ1v) is 5.97. The van der Waals surface area contributed by atoms with Gasteiger partial charge in [-0.1, -0.05) is 0 Å². The first kappa shape index (κ1) is 10.4. The molecule has 0 aromatic carbocycles. The molecule has 2 saturated heterocycles. The highest BCUT2D eigenvalue weighted by Crippen LogP contribution is 2.24. The number of hydrogen-bond acceptors (Lipinski definition) is 3. The zero-order valence-corrected chi connectivity index (χ0v) is 8.84. The van der Waals surface area contributed by atoms with Gasteiger partial charge < -0.3 is 15.7 Å². The third kappa shape index (κ3) is 2.47. The van der Waals surface area contributed by atoms with Crippen molar-refractivity contribution < 1.29 is 5.11 Å². The van der Waals surface area contributed by atoms with Crippen LogP contribution in [0.25, 0.3) is 0 Å². The van der Waals surface area contributed by atoms with Crippen LogP contribution in [0.5, 0.6) is 0 Å². The van der Waals surface area contributed by atoms with Crippen molar-refractivity contribution in [2.24, 2.45) is 11.8 Å². The highest BCUT2D eigenvalue weighted by Gasteiger charge is 2.29. The number of piperidine rings is 2. The largest absolute Gasteiger partial charge is 0.392 e. The molecule has 2 rings (SSSR count). The van der Waals surface area contributed by atoms with Gasteiger partial charge in [-0.15, -0.1) is 0 Å². The summed E-state index contributed by atoms with van der Waals surface area (Å²) in [6.45, 7) is 4.29. The molecule has 2 unspecified atom stereocenters. The van der Waals surface area contributed by atoms with Crippen LogP contribution in [0.15, 0.2) is 0 Å². The molecule has 82 valence electrons. The molecule has 0 amide bonds. The summed E-state index contributed by atoms with van der Waals surface area (Å²) in [6.07, 6.45) is 4.76. The topological polar surface area (TPSA) is 44.3 Å². The minimum atomic E-state index is -0.0874. The molecule has 14 heavy (non-hydrogen) atoms. The van der Waals surface area contributed by atoms with E-state index < -0.39 is 0 Å². The van der Waals surface area contributed by atoms with Gasteiger partial charge in [0.15, 0.2) is 0 Å². The summed E-state index contributed by atoms with van der Waals surface area (Å²) < 4.78 is 0. The lowest BCUT2D eigenvalue weighted by Gasteiger charge is -2.34. The van der Waals surface area contributed by atoms with Crippen LogP contribution in [-0.4, -0.2) is 37.4 Å². The molecule has 0 aromatic rings. The summed E-state index contributed by atoms with van der Waals surface area (Å²) in [6, 6.07) is 0. The molecule has 3 heteroatoms. The minimum Gasteiger partial charge on any atom is -0.392 e. The molecule has 3 N–H and O–H groups in total. The predicted molar refractivity (Wildman–Crippen MR) is 57.2 cm³/mol. The quantitative estimate of drug-likeness (QED) is 0.600. The third-order valence-corrected chi connectivity index (χ3v) is 3.64. The van der Waals surface area contributed by atoms with E-state index in [-0.39, 0.29) is 6.10 Å². The zero-order chi connectivity index (χ0) is 9.80. The van der Waals surface area contributed by atoms with Crippen LogP contribution < -0.4 is 10.6 Å². The van der Waals surface area contributed by atoms with Crippen molar-refractivity contribution in [3.05, 3.63) is 0 Å². The zero-order valence-electron chi connectivity index (χ0n) is 8.84. The first-order valence-electron chi connectivity index (χ1n) is 5.97. The molecule has 0 spiro atoms. The number of aliphatic hydroxyl groups is 1. The SMILES string of the molecule is OC(C1CCCNC1)C1CCCNC1. The van der Waals surface area contributed by atoms with Crippen molar-refractivity contribution >= 4 is 0 Å². The number of hydrogen-bond donors (Lipinski definition) is 3. The van der Waals surface area contributed by atoms with Gasteiger partial charge in [0.25, 0.3) is 0 Å². The van der Waals surface area contributed by atoms with E-state index in [1.807, 2.05) is 0 Å². The molecule has 0 aromatic heterocycles. The molecule has 2 fully saturated rings. The third-order valence-electron chi connectivity index (χ3n) is 3.64. The van der Waals surface area contributed by atoms with E-state index in [1.165, 1.54) is 25.7 Å². The molecule has 2 heterocycles. The molecule has 0 radical (unpaired) electrons. The maximum atomic E-state index is 10.2. The van der Waals surface area contributed by atoms with Crippen LogP contribution in [0.1, 0.15) is 25.7 Å². The lowest BCUT2D eigenvalue weighted by molar-refractivity contribution is 0.0292. The van der Waals surface area contributed by atoms with Crippen molar-refractivity contribution in [2.75, 3.05) is 26.2 Å². The number of nitrogens with one attached hydrogen (secondary N) is 2. The van der Waals surface area contributed by atoms with E-state index >= 15 is 0 Å².